The Hall–Kier alpha value is -2.50. The van der Waals surface area contributed by atoms with Crippen molar-refractivity contribution in [3.8, 4) is 5.88 Å². The highest BCUT2D eigenvalue weighted by Gasteiger charge is 2.09. The number of carbonyl (C=O) groups is 1. The first-order valence-electron chi connectivity index (χ1n) is 6.72. The largest absolute Gasteiger partial charge is 0.473 e. The molecule has 2 N–H and O–H groups in total. The molecular weight excluding hydrogens is 270 g/mol. The number of esters is 1. The number of nitrogens with zero attached hydrogens (tertiary/aromatic N) is 1. The Morgan fingerprint density at radius 1 is 1.38 bits per heavy atom. The van der Waals surface area contributed by atoms with E-state index in [1.165, 1.54) is 7.11 Å². The van der Waals surface area contributed by atoms with Crippen LogP contribution >= 0.6 is 0 Å². The summed E-state index contributed by atoms with van der Waals surface area (Å²) < 4.78 is 10.3. The Morgan fingerprint density at radius 2 is 2.19 bits per heavy atom. The summed E-state index contributed by atoms with van der Waals surface area (Å²) in [7, 11) is 1.35. The first kappa shape index (κ1) is 14.9. The van der Waals surface area contributed by atoms with Crippen LogP contribution in [0.2, 0.25) is 0 Å². The van der Waals surface area contributed by atoms with Crippen molar-refractivity contribution in [2.45, 2.75) is 26.5 Å². The van der Waals surface area contributed by atoms with Crippen molar-refractivity contribution in [3.63, 3.8) is 0 Å². The van der Waals surface area contributed by atoms with Crippen LogP contribution in [-0.4, -0.2) is 29.2 Å². The number of aromatic nitrogens is 2. The first-order valence-corrected chi connectivity index (χ1v) is 6.72. The van der Waals surface area contributed by atoms with Gasteiger partial charge in [0.15, 0.2) is 0 Å². The highest BCUT2D eigenvalue weighted by Crippen LogP contribution is 2.22. The quantitative estimate of drug-likeness (QED) is 0.799. The van der Waals surface area contributed by atoms with Gasteiger partial charge in [0.2, 0.25) is 5.88 Å². The predicted molar refractivity (Wildman–Crippen MR) is 79.5 cm³/mol. The minimum Gasteiger partial charge on any atom is -0.473 e. The number of carbonyl (C=O) groups excluding carboxylic acids is 1. The van der Waals surface area contributed by atoms with Gasteiger partial charge in [0.05, 0.1) is 25.4 Å². The zero-order valence-corrected chi connectivity index (χ0v) is 12.3. The van der Waals surface area contributed by atoms with Crippen LogP contribution in [0.3, 0.4) is 0 Å². The van der Waals surface area contributed by atoms with Gasteiger partial charge in [-0.3, -0.25) is 0 Å². The molecule has 6 nitrogen and oxygen atoms in total. The number of hydrogen-bond acceptors (Lipinski definition) is 5. The molecule has 0 fully saturated rings. The van der Waals surface area contributed by atoms with Crippen LogP contribution in [-0.2, 0) is 11.3 Å². The molecule has 2 heterocycles. The number of anilines is 1. The number of ether oxygens (including phenoxy) is 2. The predicted octanol–water partition coefficient (Wildman–Crippen LogP) is 2.60. The summed E-state index contributed by atoms with van der Waals surface area (Å²) in [5.41, 5.74) is 2.11. The highest BCUT2D eigenvalue weighted by molar-refractivity contribution is 5.87. The van der Waals surface area contributed by atoms with Crippen molar-refractivity contribution in [2.24, 2.45) is 0 Å². The summed E-state index contributed by atoms with van der Waals surface area (Å²) in [5.74, 6) is 0.179. The molecule has 0 aliphatic carbocycles. The van der Waals surface area contributed by atoms with Gasteiger partial charge in [-0.1, -0.05) is 0 Å². The molecule has 21 heavy (non-hydrogen) atoms. The van der Waals surface area contributed by atoms with E-state index in [1.54, 1.807) is 12.3 Å². The van der Waals surface area contributed by atoms with Gasteiger partial charge in [0.1, 0.15) is 5.69 Å². The van der Waals surface area contributed by atoms with Crippen molar-refractivity contribution in [1.29, 1.82) is 0 Å². The van der Waals surface area contributed by atoms with Crippen molar-refractivity contribution in [3.05, 3.63) is 41.9 Å². The average Bonchev–Trinajstić information content (AvgIpc) is 2.94. The fourth-order valence-corrected chi connectivity index (χ4v) is 1.81. The van der Waals surface area contributed by atoms with E-state index in [0.29, 0.717) is 18.1 Å². The van der Waals surface area contributed by atoms with Crippen molar-refractivity contribution < 1.29 is 14.3 Å². The summed E-state index contributed by atoms with van der Waals surface area (Å²) in [6, 6.07) is 7.26. The van der Waals surface area contributed by atoms with E-state index in [0.717, 1.165) is 11.4 Å². The van der Waals surface area contributed by atoms with E-state index in [4.69, 9.17) is 4.74 Å². The number of H-pyrrole nitrogens is 1. The van der Waals surface area contributed by atoms with Crippen LogP contribution < -0.4 is 10.1 Å². The van der Waals surface area contributed by atoms with Gasteiger partial charge in [-0.25, -0.2) is 9.78 Å². The second kappa shape index (κ2) is 6.78. The third-order valence-electron chi connectivity index (χ3n) is 2.74. The van der Waals surface area contributed by atoms with Gasteiger partial charge in [-0.2, -0.15) is 0 Å². The molecule has 0 bridgehead atoms. The second-order valence-electron chi connectivity index (χ2n) is 4.77. The topological polar surface area (TPSA) is 76.2 Å². The van der Waals surface area contributed by atoms with Crippen LogP contribution in [0.25, 0.3) is 0 Å². The summed E-state index contributed by atoms with van der Waals surface area (Å²) in [4.78, 5) is 18.6. The summed E-state index contributed by atoms with van der Waals surface area (Å²) in [6.45, 7) is 4.43. The Labute approximate surface area is 123 Å². The molecule has 2 rings (SSSR count). The van der Waals surface area contributed by atoms with Crippen LogP contribution in [0.15, 0.2) is 30.5 Å². The molecule has 0 spiro atoms. The van der Waals surface area contributed by atoms with E-state index >= 15 is 0 Å². The number of methoxy groups -OCH3 is 1. The maximum absolute atomic E-state index is 11.4. The first-order chi connectivity index (χ1) is 10.1. The summed E-state index contributed by atoms with van der Waals surface area (Å²) in [6.07, 6.45) is 1.74. The molecule has 0 saturated carbocycles. The lowest BCUT2D eigenvalue weighted by Gasteiger charge is -2.13. The molecule has 0 atom stereocenters. The smallest absolute Gasteiger partial charge is 0.354 e. The van der Waals surface area contributed by atoms with Gasteiger partial charge in [-0.15, -0.1) is 0 Å². The molecule has 2 aromatic rings. The molecule has 0 unspecified atom stereocenters. The van der Waals surface area contributed by atoms with Gasteiger partial charge in [-0.05, 0) is 38.1 Å². The van der Waals surface area contributed by atoms with Gasteiger partial charge in [0, 0.05) is 11.9 Å². The third-order valence-corrected chi connectivity index (χ3v) is 2.74. The maximum atomic E-state index is 11.4. The van der Waals surface area contributed by atoms with Gasteiger partial charge < -0.3 is 19.8 Å². The normalized spacial score (nSPS) is 10.5. The minimum absolute atomic E-state index is 0.0527. The fraction of sp³-hybridized carbons (Fsp3) is 0.333. The lowest BCUT2D eigenvalue weighted by molar-refractivity contribution is 0.0594. The maximum Gasteiger partial charge on any atom is 0.354 e. The molecular formula is C15H19N3O3. The molecule has 0 aromatic carbocycles. The van der Waals surface area contributed by atoms with Crippen LogP contribution in [0, 0.1) is 0 Å². The Morgan fingerprint density at radius 3 is 2.90 bits per heavy atom. The van der Waals surface area contributed by atoms with Crippen molar-refractivity contribution in [1.82, 2.24) is 9.97 Å². The Balaban J connectivity index is 2.03. The lowest BCUT2D eigenvalue weighted by Crippen LogP contribution is -2.10. The molecule has 0 radical (unpaired) electrons. The monoisotopic (exact) mass is 289 g/mol. The van der Waals surface area contributed by atoms with Crippen molar-refractivity contribution in [2.75, 3.05) is 12.4 Å². The van der Waals surface area contributed by atoms with E-state index in [1.807, 2.05) is 32.0 Å². The SMILES string of the molecule is COC(=O)c1ccc(CNc2cccnc2OC(C)C)[nH]1. The number of aromatic amines is 1. The Kier molecular flexibility index (Phi) is 4.81. The molecule has 0 aliphatic heterocycles. The summed E-state index contributed by atoms with van der Waals surface area (Å²) in [5, 5.41) is 3.23. The average molecular weight is 289 g/mol. The molecule has 0 saturated heterocycles. The van der Waals surface area contributed by atoms with Crippen LogP contribution in [0.5, 0.6) is 5.88 Å². The van der Waals surface area contributed by atoms with Crippen molar-refractivity contribution >= 4 is 11.7 Å². The summed E-state index contributed by atoms with van der Waals surface area (Å²) >= 11 is 0. The molecule has 112 valence electrons. The second-order valence-corrected chi connectivity index (χ2v) is 4.77. The molecule has 0 amide bonds. The number of pyridine rings is 1. The zero-order chi connectivity index (χ0) is 15.2. The molecule has 2 aromatic heterocycles. The standard InChI is InChI=1S/C15H19N3O3/c1-10(2)21-14-12(5-4-8-16-14)17-9-11-6-7-13(18-11)15(19)20-3/h4-8,10,17-18H,9H2,1-3H3. The third kappa shape index (κ3) is 3.98. The lowest BCUT2D eigenvalue weighted by atomic mass is 10.3. The number of nitrogens with one attached hydrogen (secondary N) is 2. The van der Waals surface area contributed by atoms with Gasteiger partial charge in [0.25, 0.3) is 0 Å². The molecule has 6 heteroatoms. The van der Waals surface area contributed by atoms with E-state index in [9.17, 15) is 4.79 Å². The van der Waals surface area contributed by atoms with E-state index in [-0.39, 0.29) is 12.1 Å². The Bertz CT molecular complexity index is 608. The fourth-order valence-electron chi connectivity index (χ4n) is 1.81. The van der Waals surface area contributed by atoms with E-state index < -0.39 is 0 Å². The van der Waals surface area contributed by atoms with Crippen LogP contribution in [0.1, 0.15) is 30.0 Å². The highest BCUT2D eigenvalue weighted by atomic mass is 16.5. The van der Waals surface area contributed by atoms with Gasteiger partial charge >= 0.3 is 5.97 Å². The minimum atomic E-state index is -0.383. The zero-order valence-electron chi connectivity index (χ0n) is 12.3. The number of hydrogen-bond donors (Lipinski definition) is 2. The van der Waals surface area contributed by atoms with E-state index in [2.05, 4.69) is 20.0 Å². The van der Waals surface area contributed by atoms with Crippen LogP contribution in [0.4, 0.5) is 5.69 Å². The molecule has 0 aliphatic rings. The number of rotatable bonds is 6.